The molecule has 30 heavy (non-hydrogen) atoms. The Morgan fingerprint density at radius 3 is 2.37 bits per heavy atom. The normalized spacial score (nSPS) is 28.8. The van der Waals surface area contributed by atoms with Gasteiger partial charge in [-0.25, -0.2) is 4.79 Å². The summed E-state index contributed by atoms with van der Waals surface area (Å²) in [5.41, 5.74) is 0.852. The van der Waals surface area contributed by atoms with E-state index < -0.39 is 5.97 Å². The van der Waals surface area contributed by atoms with Crippen LogP contribution in [0.3, 0.4) is 0 Å². The quantitative estimate of drug-likeness (QED) is 0.501. The summed E-state index contributed by atoms with van der Waals surface area (Å²) in [4.78, 5) is 37.0. The number of hydrogen-bond acceptors (Lipinski definition) is 4. The maximum absolute atomic E-state index is 12.9. The molecule has 1 aromatic rings. The number of ether oxygens (including phenoxy) is 1. The molecule has 4 aliphatic carbocycles. The van der Waals surface area contributed by atoms with E-state index in [-0.39, 0.29) is 17.2 Å². The first-order valence-electron chi connectivity index (χ1n) is 11.3. The van der Waals surface area contributed by atoms with Crippen molar-refractivity contribution in [1.82, 2.24) is 5.32 Å². The molecule has 4 bridgehead atoms. The minimum absolute atomic E-state index is 0.125. The van der Waals surface area contributed by atoms with E-state index in [2.05, 4.69) is 10.6 Å². The van der Waals surface area contributed by atoms with E-state index in [0.29, 0.717) is 37.2 Å². The Morgan fingerprint density at radius 2 is 1.73 bits per heavy atom. The van der Waals surface area contributed by atoms with Crippen molar-refractivity contribution in [3.8, 4) is 0 Å². The number of carbonyl (C=O) groups excluding carboxylic acids is 3. The lowest BCUT2D eigenvalue weighted by Gasteiger charge is -2.55. The smallest absolute Gasteiger partial charge is 0.338 e. The van der Waals surface area contributed by atoms with E-state index in [4.69, 9.17) is 4.74 Å². The molecule has 0 unspecified atom stereocenters. The molecule has 1 aromatic carbocycles. The Balaban J connectivity index is 1.21. The van der Waals surface area contributed by atoms with Crippen LogP contribution < -0.4 is 10.6 Å². The summed E-state index contributed by atoms with van der Waals surface area (Å²) >= 11 is 0. The summed E-state index contributed by atoms with van der Waals surface area (Å²) in [6.45, 7) is 2.59. The average molecular weight is 413 g/mol. The van der Waals surface area contributed by atoms with E-state index in [1.165, 1.54) is 19.3 Å². The molecule has 4 saturated carbocycles. The Hall–Kier alpha value is -2.37. The summed E-state index contributed by atoms with van der Waals surface area (Å²) < 4.78 is 4.99. The molecular weight excluding hydrogens is 380 g/mol. The van der Waals surface area contributed by atoms with Gasteiger partial charge in [-0.05, 0) is 87.8 Å². The summed E-state index contributed by atoms with van der Waals surface area (Å²) in [7, 11) is 0. The zero-order chi connectivity index (χ0) is 21.1. The molecule has 6 nitrogen and oxygen atoms in total. The van der Waals surface area contributed by atoms with Crippen LogP contribution in [-0.4, -0.2) is 30.9 Å². The summed E-state index contributed by atoms with van der Waals surface area (Å²) in [5.74, 6) is 1.93. The van der Waals surface area contributed by atoms with Crippen LogP contribution in [0.15, 0.2) is 24.3 Å². The molecular formula is C24H32N2O4. The van der Waals surface area contributed by atoms with Crippen LogP contribution in [0.2, 0.25) is 0 Å². The van der Waals surface area contributed by atoms with Crippen molar-refractivity contribution in [3.63, 3.8) is 0 Å². The standard InChI is InChI=1S/C24H32N2O4/c1-2-30-22(28)19-5-3-6-20(12-19)26-21(27)7-4-8-25-23(29)24-13-16-9-17(14-24)11-18(10-16)15-24/h3,5-6,12,16-18H,2,4,7-11,13-15H2,1H3,(H,25,29)(H,26,27). The summed E-state index contributed by atoms with van der Waals surface area (Å²) in [5, 5.41) is 5.93. The molecule has 0 aromatic heterocycles. The number of hydrogen-bond donors (Lipinski definition) is 2. The molecule has 4 aliphatic rings. The largest absolute Gasteiger partial charge is 0.462 e. The van der Waals surface area contributed by atoms with Crippen molar-refractivity contribution < 1.29 is 19.1 Å². The van der Waals surface area contributed by atoms with Gasteiger partial charge >= 0.3 is 5.97 Å². The second-order valence-corrected chi connectivity index (χ2v) is 9.41. The molecule has 4 fully saturated rings. The monoisotopic (exact) mass is 412 g/mol. The van der Waals surface area contributed by atoms with Crippen LogP contribution in [0, 0.1) is 23.2 Å². The second kappa shape index (κ2) is 8.78. The van der Waals surface area contributed by atoms with Gasteiger partial charge in [0, 0.05) is 24.1 Å². The van der Waals surface area contributed by atoms with Crippen LogP contribution in [0.5, 0.6) is 0 Å². The molecule has 0 heterocycles. The van der Waals surface area contributed by atoms with Crippen LogP contribution in [0.4, 0.5) is 5.69 Å². The minimum Gasteiger partial charge on any atom is -0.462 e. The Bertz CT molecular complexity index is 784. The van der Waals surface area contributed by atoms with Gasteiger partial charge in [-0.2, -0.15) is 0 Å². The lowest BCUT2D eigenvalue weighted by atomic mass is 9.49. The molecule has 0 radical (unpaired) electrons. The molecule has 0 atom stereocenters. The van der Waals surface area contributed by atoms with E-state index in [9.17, 15) is 14.4 Å². The van der Waals surface area contributed by atoms with E-state index >= 15 is 0 Å². The van der Waals surface area contributed by atoms with E-state index in [1.54, 1.807) is 31.2 Å². The Morgan fingerprint density at radius 1 is 1.07 bits per heavy atom. The predicted octanol–water partition coefficient (Wildman–Crippen LogP) is 3.91. The number of amides is 2. The first kappa shape index (κ1) is 20.9. The molecule has 162 valence electrons. The van der Waals surface area contributed by atoms with Gasteiger partial charge in [0.1, 0.15) is 0 Å². The van der Waals surface area contributed by atoms with Crippen LogP contribution in [-0.2, 0) is 14.3 Å². The van der Waals surface area contributed by atoms with Gasteiger partial charge in [0.15, 0.2) is 0 Å². The fourth-order valence-corrected chi connectivity index (χ4v) is 6.19. The highest BCUT2D eigenvalue weighted by Gasteiger charge is 2.54. The van der Waals surface area contributed by atoms with Crippen molar-refractivity contribution in [2.24, 2.45) is 23.2 Å². The molecule has 0 saturated heterocycles. The molecule has 2 amide bonds. The zero-order valence-electron chi connectivity index (χ0n) is 17.7. The zero-order valence-corrected chi connectivity index (χ0v) is 17.7. The van der Waals surface area contributed by atoms with E-state index in [1.807, 2.05) is 0 Å². The molecule has 0 spiro atoms. The minimum atomic E-state index is -0.402. The third-order valence-electron chi connectivity index (χ3n) is 7.04. The highest BCUT2D eigenvalue weighted by Crippen LogP contribution is 2.60. The summed E-state index contributed by atoms with van der Waals surface area (Å²) in [6.07, 6.45) is 8.07. The van der Waals surface area contributed by atoms with Gasteiger partial charge in [0.25, 0.3) is 0 Å². The Kier molecular flexibility index (Phi) is 6.11. The maximum atomic E-state index is 12.9. The number of anilines is 1. The van der Waals surface area contributed by atoms with Crippen molar-refractivity contribution in [3.05, 3.63) is 29.8 Å². The SMILES string of the molecule is CCOC(=O)c1cccc(NC(=O)CCCNC(=O)C23CC4CC(CC(C4)C2)C3)c1. The number of carbonyl (C=O) groups is 3. The number of esters is 1. The number of nitrogens with one attached hydrogen (secondary N) is 2. The van der Waals surface area contributed by atoms with Crippen LogP contribution in [0.25, 0.3) is 0 Å². The second-order valence-electron chi connectivity index (χ2n) is 9.41. The van der Waals surface area contributed by atoms with Gasteiger partial charge in [0.05, 0.1) is 12.2 Å². The molecule has 0 aliphatic heterocycles. The predicted molar refractivity (Wildman–Crippen MR) is 114 cm³/mol. The van der Waals surface area contributed by atoms with Crippen molar-refractivity contribution in [2.75, 3.05) is 18.5 Å². The molecule has 2 N–H and O–H groups in total. The highest BCUT2D eigenvalue weighted by atomic mass is 16.5. The van der Waals surface area contributed by atoms with Gasteiger partial charge in [-0.15, -0.1) is 0 Å². The van der Waals surface area contributed by atoms with Gasteiger partial charge in [-0.1, -0.05) is 6.07 Å². The maximum Gasteiger partial charge on any atom is 0.338 e. The van der Waals surface area contributed by atoms with Crippen molar-refractivity contribution in [2.45, 2.75) is 58.3 Å². The van der Waals surface area contributed by atoms with E-state index in [0.717, 1.165) is 37.0 Å². The highest BCUT2D eigenvalue weighted by molar-refractivity contribution is 5.94. The van der Waals surface area contributed by atoms with Crippen molar-refractivity contribution in [1.29, 1.82) is 0 Å². The van der Waals surface area contributed by atoms with Gasteiger partial charge < -0.3 is 15.4 Å². The van der Waals surface area contributed by atoms with Gasteiger partial charge in [-0.3, -0.25) is 9.59 Å². The fraction of sp³-hybridized carbons (Fsp3) is 0.625. The van der Waals surface area contributed by atoms with Crippen LogP contribution in [0.1, 0.15) is 68.6 Å². The number of rotatable bonds is 8. The third-order valence-corrected chi connectivity index (χ3v) is 7.04. The molecule has 6 heteroatoms. The average Bonchev–Trinajstić information content (AvgIpc) is 2.70. The third kappa shape index (κ3) is 4.52. The Labute approximate surface area is 178 Å². The number of benzene rings is 1. The summed E-state index contributed by atoms with van der Waals surface area (Å²) in [6, 6.07) is 6.74. The fourth-order valence-electron chi connectivity index (χ4n) is 6.19. The topological polar surface area (TPSA) is 84.5 Å². The first-order valence-corrected chi connectivity index (χ1v) is 11.3. The lowest BCUT2D eigenvalue weighted by molar-refractivity contribution is -0.146. The van der Waals surface area contributed by atoms with Gasteiger partial charge in [0.2, 0.25) is 11.8 Å². The van der Waals surface area contributed by atoms with Crippen molar-refractivity contribution >= 4 is 23.5 Å². The lowest BCUT2D eigenvalue weighted by Crippen LogP contribution is -2.53. The first-order chi connectivity index (χ1) is 14.5. The van der Waals surface area contributed by atoms with Crippen LogP contribution >= 0.6 is 0 Å². The molecule has 5 rings (SSSR count).